The first kappa shape index (κ1) is 18.5. The van der Waals surface area contributed by atoms with Crippen molar-refractivity contribution in [2.24, 2.45) is 5.92 Å². The number of carbonyl (C=O) groups is 1. The fourth-order valence-electron chi connectivity index (χ4n) is 4.48. The van der Waals surface area contributed by atoms with Crippen molar-refractivity contribution in [3.05, 3.63) is 48.0 Å². The Hall–Kier alpha value is -1.91. The minimum Gasteiger partial charge on any atom is -0.341 e. The van der Waals surface area contributed by atoms with E-state index in [4.69, 9.17) is 0 Å². The van der Waals surface area contributed by atoms with Crippen molar-refractivity contribution in [2.75, 3.05) is 45.8 Å². The number of piperazine rings is 1. The lowest BCUT2D eigenvalue weighted by molar-refractivity contribution is -0.134. The average molecular weight is 366 g/mol. The molecule has 0 radical (unpaired) electrons. The van der Waals surface area contributed by atoms with Crippen molar-refractivity contribution in [3.8, 4) is 0 Å². The lowest BCUT2D eigenvalue weighted by Gasteiger charge is -2.37. The molecule has 4 nitrogen and oxygen atoms in total. The average Bonchev–Trinajstić information content (AvgIpc) is 2.70. The summed E-state index contributed by atoms with van der Waals surface area (Å²) in [6.07, 6.45) is 2.42. The van der Waals surface area contributed by atoms with Crippen molar-refractivity contribution < 1.29 is 4.79 Å². The summed E-state index contributed by atoms with van der Waals surface area (Å²) in [5.74, 6) is 0.976. The summed E-state index contributed by atoms with van der Waals surface area (Å²) in [5, 5.41) is 2.67. The van der Waals surface area contributed by atoms with E-state index in [1.807, 2.05) is 0 Å². The fraction of sp³-hybridized carbons (Fsp3) is 0.522. The molecule has 2 aliphatic rings. The van der Waals surface area contributed by atoms with Crippen LogP contribution in [-0.2, 0) is 11.3 Å². The van der Waals surface area contributed by atoms with Gasteiger partial charge in [0.15, 0.2) is 0 Å². The maximum Gasteiger partial charge on any atom is 0.236 e. The van der Waals surface area contributed by atoms with Crippen LogP contribution in [0, 0.1) is 5.92 Å². The third kappa shape index (κ3) is 4.50. The van der Waals surface area contributed by atoms with Crippen LogP contribution in [0.5, 0.6) is 0 Å². The van der Waals surface area contributed by atoms with Gasteiger partial charge in [-0.25, -0.2) is 0 Å². The van der Waals surface area contributed by atoms with Crippen LogP contribution in [0.2, 0.25) is 0 Å². The highest BCUT2D eigenvalue weighted by Crippen LogP contribution is 2.21. The Balaban J connectivity index is 1.29. The van der Waals surface area contributed by atoms with E-state index >= 15 is 0 Å². The van der Waals surface area contributed by atoms with E-state index in [0.717, 1.165) is 52.2 Å². The highest BCUT2D eigenvalue weighted by atomic mass is 16.2. The summed E-state index contributed by atoms with van der Waals surface area (Å²) in [5.41, 5.74) is 1.40. The molecule has 0 aromatic heterocycles. The second kappa shape index (κ2) is 8.41. The number of rotatable bonds is 4. The Morgan fingerprint density at radius 3 is 2.52 bits per heavy atom. The first-order chi connectivity index (χ1) is 13.2. The van der Waals surface area contributed by atoms with Crippen molar-refractivity contribution in [1.82, 2.24) is 14.7 Å². The van der Waals surface area contributed by atoms with E-state index in [1.165, 1.54) is 22.8 Å². The molecule has 2 heterocycles. The maximum absolute atomic E-state index is 12.6. The molecule has 144 valence electrons. The largest absolute Gasteiger partial charge is 0.341 e. The van der Waals surface area contributed by atoms with Gasteiger partial charge in [0.25, 0.3) is 0 Å². The molecule has 0 spiro atoms. The number of amides is 1. The molecule has 0 bridgehead atoms. The van der Waals surface area contributed by atoms with Crippen LogP contribution < -0.4 is 0 Å². The van der Waals surface area contributed by atoms with Gasteiger partial charge in [0.2, 0.25) is 5.91 Å². The predicted molar refractivity (Wildman–Crippen MR) is 111 cm³/mol. The van der Waals surface area contributed by atoms with Gasteiger partial charge in [-0.2, -0.15) is 0 Å². The van der Waals surface area contributed by atoms with E-state index < -0.39 is 0 Å². The van der Waals surface area contributed by atoms with Crippen LogP contribution >= 0.6 is 0 Å². The Labute approximate surface area is 162 Å². The SMILES string of the molecule is C[C@H]1CCCN(C(=O)CN2CCN(Cc3cccc4ccccc34)CC2)C1. The zero-order chi connectivity index (χ0) is 18.6. The Morgan fingerprint density at radius 1 is 0.963 bits per heavy atom. The Kier molecular flexibility index (Phi) is 5.74. The number of piperidine rings is 1. The molecule has 2 aromatic rings. The fourth-order valence-corrected chi connectivity index (χ4v) is 4.48. The van der Waals surface area contributed by atoms with E-state index in [2.05, 4.69) is 64.1 Å². The zero-order valence-electron chi connectivity index (χ0n) is 16.4. The number of hydrogen-bond donors (Lipinski definition) is 0. The molecule has 2 saturated heterocycles. The molecule has 2 fully saturated rings. The minimum atomic E-state index is 0.323. The topological polar surface area (TPSA) is 26.8 Å². The normalized spacial score (nSPS) is 22.3. The summed E-state index contributed by atoms with van der Waals surface area (Å²) >= 11 is 0. The van der Waals surface area contributed by atoms with E-state index in [1.54, 1.807) is 0 Å². The second-order valence-electron chi connectivity index (χ2n) is 8.28. The van der Waals surface area contributed by atoms with Gasteiger partial charge in [-0.05, 0) is 35.1 Å². The standard InChI is InChI=1S/C23H31N3O/c1-19-6-5-11-26(16-19)23(27)18-25-14-12-24(13-15-25)17-21-9-4-8-20-7-2-3-10-22(20)21/h2-4,7-10,19H,5-6,11-18H2,1H3/t19-/m0/s1. The number of carbonyl (C=O) groups excluding carboxylic acids is 1. The molecule has 1 atom stereocenters. The number of hydrogen-bond acceptors (Lipinski definition) is 3. The van der Waals surface area contributed by atoms with Crippen LogP contribution in [-0.4, -0.2) is 66.4 Å². The van der Waals surface area contributed by atoms with Crippen LogP contribution in [0.3, 0.4) is 0 Å². The highest BCUT2D eigenvalue weighted by molar-refractivity contribution is 5.85. The van der Waals surface area contributed by atoms with Gasteiger partial charge < -0.3 is 4.90 Å². The first-order valence-electron chi connectivity index (χ1n) is 10.4. The molecule has 4 rings (SSSR count). The minimum absolute atomic E-state index is 0.323. The first-order valence-corrected chi connectivity index (χ1v) is 10.4. The van der Waals surface area contributed by atoms with Crippen LogP contribution in [0.25, 0.3) is 10.8 Å². The molecule has 0 saturated carbocycles. The number of nitrogens with zero attached hydrogens (tertiary/aromatic N) is 3. The summed E-state index contributed by atoms with van der Waals surface area (Å²) < 4.78 is 0. The third-order valence-electron chi connectivity index (χ3n) is 6.11. The quantitative estimate of drug-likeness (QED) is 0.832. The van der Waals surface area contributed by atoms with Crippen molar-refractivity contribution >= 4 is 16.7 Å². The summed E-state index contributed by atoms with van der Waals surface area (Å²) in [6, 6.07) is 15.2. The lowest BCUT2D eigenvalue weighted by Crippen LogP contribution is -2.50. The number of benzene rings is 2. The van der Waals surface area contributed by atoms with Gasteiger partial charge in [0.1, 0.15) is 0 Å². The summed E-state index contributed by atoms with van der Waals surface area (Å²) in [7, 11) is 0. The second-order valence-corrected chi connectivity index (χ2v) is 8.28. The lowest BCUT2D eigenvalue weighted by atomic mass is 10.0. The molecule has 2 aliphatic heterocycles. The van der Waals surface area contributed by atoms with Gasteiger partial charge in [-0.1, -0.05) is 49.4 Å². The molecule has 2 aromatic carbocycles. The molecule has 27 heavy (non-hydrogen) atoms. The molecular weight excluding hydrogens is 334 g/mol. The maximum atomic E-state index is 12.6. The Bertz CT molecular complexity index is 777. The number of fused-ring (bicyclic) bond motifs is 1. The van der Waals surface area contributed by atoms with Crippen molar-refractivity contribution in [3.63, 3.8) is 0 Å². The van der Waals surface area contributed by atoms with Crippen molar-refractivity contribution in [2.45, 2.75) is 26.3 Å². The van der Waals surface area contributed by atoms with Crippen LogP contribution in [0.1, 0.15) is 25.3 Å². The van der Waals surface area contributed by atoms with E-state index in [-0.39, 0.29) is 0 Å². The molecule has 0 unspecified atom stereocenters. The van der Waals surface area contributed by atoms with Gasteiger partial charge >= 0.3 is 0 Å². The molecule has 4 heteroatoms. The van der Waals surface area contributed by atoms with E-state index in [0.29, 0.717) is 18.4 Å². The van der Waals surface area contributed by atoms with Gasteiger partial charge in [0, 0.05) is 45.8 Å². The zero-order valence-corrected chi connectivity index (χ0v) is 16.4. The predicted octanol–water partition coefficient (Wildman–Crippen LogP) is 3.22. The smallest absolute Gasteiger partial charge is 0.236 e. The highest BCUT2D eigenvalue weighted by Gasteiger charge is 2.24. The third-order valence-corrected chi connectivity index (χ3v) is 6.11. The van der Waals surface area contributed by atoms with Crippen LogP contribution in [0.4, 0.5) is 0 Å². The van der Waals surface area contributed by atoms with Gasteiger partial charge in [0.05, 0.1) is 6.54 Å². The summed E-state index contributed by atoms with van der Waals surface area (Å²) in [4.78, 5) is 19.5. The molecule has 0 N–H and O–H groups in total. The molecule has 1 amide bonds. The monoisotopic (exact) mass is 365 g/mol. The van der Waals surface area contributed by atoms with Gasteiger partial charge in [-0.15, -0.1) is 0 Å². The van der Waals surface area contributed by atoms with E-state index in [9.17, 15) is 4.79 Å². The summed E-state index contributed by atoms with van der Waals surface area (Å²) in [6.45, 7) is 9.77. The molecule has 0 aliphatic carbocycles. The molecular formula is C23H31N3O. The van der Waals surface area contributed by atoms with Crippen molar-refractivity contribution in [1.29, 1.82) is 0 Å². The number of likely N-dealkylation sites (tertiary alicyclic amines) is 1. The Morgan fingerprint density at radius 2 is 1.70 bits per heavy atom. The van der Waals surface area contributed by atoms with Gasteiger partial charge in [-0.3, -0.25) is 14.6 Å². The van der Waals surface area contributed by atoms with Crippen LogP contribution in [0.15, 0.2) is 42.5 Å².